The van der Waals surface area contributed by atoms with Crippen LogP contribution in [-0.4, -0.2) is 39.6 Å². The highest BCUT2D eigenvalue weighted by Crippen LogP contribution is 2.45. The second-order valence-corrected chi connectivity index (χ2v) is 10.9. The van der Waals surface area contributed by atoms with Crippen LogP contribution in [0.15, 0.2) is 10.7 Å². The number of hydrogen-bond donors (Lipinski definition) is 0. The number of unbranched alkanes of at least 4 members (excludes halogenated alkanes) is 1. The molecule has 0 aromatic heterocycles. The molecule has 149 valence electrons. The molecule has 1 rings (SSSR count). The van der Waals surface area contributed by atoms with E-state index in [1.165, 1.54) is 11.8 Å². The fraction of sp³-hybridized carbons (Fsp3) is 0.778. The van der Waals surface area contributed by atoms with E-state index in [9.17, 15) is 18.4 Å². The molecule has 0 heterocycles. The fourth-order valence-corrected chi connectivity index (χ4v) is 4.61. The van der Waals surface area contributed by atoms with Gasteiger partial charge in [0.15, 0.2) is 5.78 Å². The number of carbonyl (C=O) groups excluding carboxylic acids is 2. The van der Waals surface area contributed by atoms with Crippen LogP contribution in [0.1, 0.15) is 46.5 Å². The van der Waals surface area contributed by atoms with Crippen molar-refractivity contribution in [1.82, 2.24) is 0 Å². The number of carbonyl (C=O) groups is 2. The molecule has 0 bridgehead atoms. The van der Waals surface area contributed by atoms with Gasteiger partial charge in [-0.1, -0.05) is 20.8 Å². The van der Waals surface area contributed by atoms with Gasteiger partial charge in [-0.15, -0.1) is 11.8 Å². The zero-order valence-electron chi connectivity index (χ0n) is 16.4. The van der Waals surface area contributed by atoms with Gasteiger partial charge in [-0.3, -0.25) is 4.79 Å². The summed E-state index contributed by atoms with van der Waals surface area (Å²) in [7, 11) is -0.0522. The Morgan fingerprint density at radius 2 is 1.88 bits per heavy atom. The van der Waals surface area contributed by atoms with E-state index in [2.05, 4.69) is 25.5 Å². The summed E-state index contributed by atoms with van der Waals surface area (Å²) in [6.07, 6.45) is 0.568. The minimum absolute atomic E-state index is 0.0565. The SMILES string of the molecule is COC(=O)C(F)(F)CCCCSC1=C(O[Si](C)C)C(C(C)(C)C)CC1=O. The van der Waals surface area contributed by atoms with Crippen molar-refractivity contribution in [2.75, 3.05) is 12.9 Å². The number of Topliss-reactive ketones (excluding diaryl/α,β-unsaturated/α-hetero) is 1. The summed E-state index contributed by atoms with van der Waals surface area (Å²) in [4.78, 5) is 24.1. The average Bonchev–Trinajstić information content (AvgIpc) is 2.82. The lowest BCUT2D eigenvalue weighted by Crippen LogP contribution is -2.29. The van der Waals surface area contributed by atoms with Crippen molar-refractivity contribution in [3.63, 3.8) is 0 Å². The molecule has 0 amide bonds. The lowest BCUT2D eigenvalue weighted by Gasteiger charge is -2.29. The summed E-state index contributed by atoms with van der Waals surface area (Å²) in [5.74, 6) is -3.49. The molecular formula is C18H29F2O4SSi. The molecule has 0 aromatic carbocycles. The topological polar surface area (TPSA) is 52.6 Å². The lowest BCUT2D eigenvalue weighted by molar-refractivity contribution is -0.169. The standard InChI is InChI=1S/C18H29F2O4SSi/c1-17(2,3)12-11-13(21)15(14(12)24-26(5)6)25-10-8-7-9-18(19,20)16(22)23-4/h12H,7-11H2,1-6H3. The summed E-state index contributed by atoms with van der Waals surface area (Å²) in [6.45, 7) is 10.3. The predicted molar refractivity (Wildman–Crippen MR) is 101 cm³/mol. The number of ketones is 1. The minimum atomic E-state index is -3.45. The van der Waals surface area contributed by atoms with E-state index in [-0.39, 0.29) is 23.5 Å². The normalized spacial score (nSPS) is 18.7. The molecule has 1 aliphatic rings. The van der Waals surface area contributed by atoms with Crippen molar-refractivity contribution >= 4 is 32.6 Å². The van der Waals surface area contributed by atoms with Gasteiger partial charge in [0.25, 0.3) is 9.04 Å². The number of rotatable bonds is 9. The van der Waals surface area contributed by atoms with Crippen LogP contribution in [-0.2, 0) is 18.8 Å². The van der Waals surface area contributed by atoms with Gasteiger partial charge < -0.3 is 9.16 Å². The third-order valence-electron chi connectivity index (χ3n) is 4.16. The highest BCUT2D eigenvalue weighted by molar-refractivity contribution is 8.04. The highest BCUT2D eigenvalue weighted by Gasteiger charge is 2.41. The summed E-state index contributed by atoms with van der Waals surface area (Å²) >= 11 is 1.39. The Balaban J connectivity index is 2.67. The fourth-order valence-electron chi connectivity index (χ4n) is 2.73. The van der Waals surface area contributed by atoms with E-state index in [0.29, 0.717) is 23.5 Å². The number of hydrogen-bond acceptors (Lipinski definition) is 5. The number of alkyl halides is 2. The minimum Gasteiger partial charge on any atom is -0.544 e. The van der Waals surface area contributed by atoms with E-state index in [1.807, 2.05) is 13.1 Å². The maximum atomic E-state index is 13.4. The van der Waals surface area contributed by atoms with Gasteiger partial charge in [0.1, 0.15) is 5.76 Å². The quantitative estimate of drug-likeness (QED) is 0.312. The summed E-state index contributed by atoms with van der Waals surface area (Å²) < 4.78 is 37.0. The molecule has 0 aliphatic heterocycles. The Kier molecular flexibility index (Phi) is 8.32. The van der Waals surface area contributed by atoms with E-state index < -0.39 is 27.4 Å². The van der Waals surface area contributed by atoms with Crippen molar-refractivity contribution in [3.8, 4) is 0 Å². The van der Waals surface area contributed by atoms with Gasteiger partial charge in [-0.2, -0.15) is 8.78 Å². The molecular weight excluding hydrogens is 378 g/mol. The second kappa shape index (κ2) is 9.35. The van der Waals surface area contributed by atoms with E-state index in [1.54, 1.807) is 0 Å². The molecule has 26 heavy (non-hydrogen) atoms. The first-order valence-electron chi connectivity index (χ1n) is 8.74. The van der Waals surface area contributed by atoms with Crippen LogP contribution < -0.4 is 0 Å². The van der Waals surface area contributed by atoms with Crippen molar-refractivity contribution in [3.05, 3.63) is 10.7 Å². The van der Waals surface area contributed by atoms with Gasteiger partial charge in [-0.05, 0) is 37.1 Å². The molecule has 0 saturated carbocycles. The van der Waals surface area contributed by atoms with Gasteiger partial charge >= 0.3 is 11.9 Å². The molecule has 0 fully saturated rings. The maximum Gasteiger partial charge on any atom is 0.376 e. The van der Waals surface area contributed by atoms with Crippen LogP contribution in [0.5, 0.6) is 0 Å². The summed E-state index contributed by atoms with van der Waals surface area (Å²) in [5.41, 5.74) is -0.0762. The van der Waals surface area contributed by atoms with Crippen molar-refractivity contribution in [2.45, 2.75) is 65.5 Å². The molecule has 4 nitrogen and oxygen atoms in total. The molecule has 8 heteroatoms. The molecule has 1 unspecified atom stereocenters. The molecule has 1 aliphatic carbocycles. The number of ether oxygens (including phenoxy) is 1. The smallest absolute Gasteiger partial charge is 0.376 e. The lowest BCUT2D eigenvalue weighted by atomic mass is 9.79. The Labute approximate surface area is 160 Å². The Morgan fingerprint density at radius 3 is 2.38 bits per heavy atom. The summed E-state index contributed by atoms with van der Waals surface area (Å²) in [5, 5.41) is 0. The Bertz CT molecular complexity index is 556. The first-order chi connectivity index (χ1) is 11.9. The maximum absolute atomic E-state index is 13.4. The number of halogens is 2. The number of thioether (sulfide) groups is 1. The molecule has 0 aromatic rings. The van der Waals surface area contributed by atoms with Gasteiger partial charge in [0.05, 0.1) is 12.0 Å². The van der Waals surface area contributed by atoms with Gasteiger partial charge in [0, 0.05) is 18.8 Å². The third-order valence-corrected chi connectivity index (χ3v) is 6.00. The van der Waals surface area contributed by atoms with E-state index in [0.717, 1.165) is 12.9 Å². The van der Waals surface area contributed by atoms with Crippen molar-refractivity contribution in [2.24, 2.45) is 11.3 Å². The second-order valence-electron chi connectivity index (χ2n) is 7.75. The first-order valence-corrected chi connectivity index (χ1v) is 12.1. The Morgan fingerprint density at radius 1 is 1.27 bits per heavy atom. The molecule has 0 N–H and O–H groups in total. The molecule has 1 atom stereocenters. The third kappa shape index (κ3) is 6.37. The Hall–Kier alpha value is -0.893. The van der Waals surface area contributed by atoms with Gasteiger partial charge in [0.2, 0.25) is 0 Å². The van der Waals surface area contributed by atoms with Crippen LogP contribution in [0, 0.1) is 11.3 Å². The molecule has 1 radical (unpaired) electrons. The average molecular weight is 408 g/mol. The highest BCUT2D eigenvalue weighted by atomic mass is 32.2. The van der Waals surface area contributed by atoms with Crippen molar-refractivity contribution < 1.29 is 27.5 Å². The van der Waals surface area contributed by atoms with Crippen LogP contribution in [0.2, 0.25) is 13.1 Å². The van der Waals surface area contributed by atoms with Crippen LogP contribution >= 0.6 is 11.8 Å². The van der Waals surface area contributed by atoms with Crippen LogP contribution in [0.25, 0.3) is 0 Å². The number of esters is 1. The van der Waals surface area contributed by atoms with E-state index >= 15 is 0 Å². The summed E-state index contributed by atoms with van der Waals surface area (Å²) in [6, 6.07) is 0. The zero-order chi connectivity index (χ0) is 20.1. The van der Waals surface area contributed by atoms with Gasteiger partial charge in [-0.25, -0.2) is 4.79 Å². The number of allylic oxidation sites excluding steroid dienone is 2. The first kappa shape index (κ1) is 23.1. The molecule has 0 spiro atoms. The predicted octanol–water partition coefficient (Wildman–Crippen LogP) is 4.81. The van der Waals surface area contributed by atoms with E-state index in [4.69, 9.17) is 4.43 Å². The zero-order valence-corrected chi connectivity index (χ0v) is 18.2. The molecule has 0 saturated heterocycles. The van der Waals surface area contributed by atoms with Crippen molar-refractivity contribution in [1.29, 1.82) is 0 Å². The van der Waals surface area contributed by atoms with Crippen LogP contribution in [0.4, 0.5) is 8.78 Å². The van der Waals surface area contributed by atoms with Crippen LogP contribution in [0.3, 0.4) is 0 Å². The largest absolute Gasteiger partial charge is 0.544 e. The monoisotopic (exact) mass is 407 g/mol. The number of methoxy groups -OCH3 is 1.